The fraction of sp³-hybridized carbons (Fsp3) is 0.840. The van der Waals surface area contributed by atoms with Crippen LogP contribution in [-0.4, -0.2) is 116 Å². The van der Waals surface area contributed by atoms with Gasteiger partial charge < -0.3 is 53.1 Å². The number of aliphatic hydroxyl groups is 1. The highest BCUT2D eigenvalue weighted by Crippen LogP contribution is 2.40. The van der Waals surface area contributed by atoms with Crippen LogP contribution in [0.15, 0.2) is 0 Å². The molecule has 0 aromatic rings. The first-order valence-electron chi connectivity index (χ1n) is 13.0. The fourth-order valence-corrected chi connectivity index (χ4v) is 4.92. The minimum Gasteiger partial charge on any atom is -0.463 e. The monoisotopic (exact) mass is 577 g/mol. The number of esters is 3. The summed E-state index contributed by atoms with van der Waals surface area (Å²) in [5.41, 5.74) is 0. The molecule has 1 amide bonds. The summed E-state index contributed by atoms with van der Waals surface area (Å²) in [5, 5.41) is 13.6. The molecule has 0 aromatic heterocycles. The van der Waals surface area contributed by atoms with Gasteiger partial charge >= 0.3 is 17.9 Å². The van der Waals surface area contributed by atoms with Crippen LogP contribution in [0, 0.1) is 0 Å². The van der Waals surface area contributed by atoms with Crippen molar-refractivity contribution in [1.29, 1.82) is 0 Å². The van der Waals surface area contributed by atoms with Crippen molar-refractivity contribution >= 4 is 23.8 Å². The molecule has 40 heavy (non-hydrogen) atoms. The number of fused-ring (bicyclic) bond motifs is 1. The van der Waals surface area contributed by atoms with Crippen molar-refractivity contribution in [3.05, 3.63) is 0 Å². The smallest absolute Gasteiger partial charge is 0.303 e. The highest BCUT2D eigenvalue weighted by molar-refractivity contribution is 5.73. The van der Waals surface area contributed by atoms with Gasteiger partial charge in [-0.2, -0.15) is 0 Å². The van der Waals surface area contributed by atoms with E-state index in [0.717, 1.165) is 13.8 Å². The molecule has 2 N–H and O–H groups in total. The predicted octanol–water partition coefficient (Wildman–Crippen LogP) is -0.698. The highest BCUT2D eigenvalue weighted by Gasteiger charge is 2.57. The molecule has 0 aliphatic carbocycles. The summed E-state index contributed by atoms with van der Waals surface area (Å²) < 4.78 is 51.1. The van der Waals surface area contributed by atoms with E-state index in [2.05, 4.69) is 5.32 Å². The minimum atomic E-state index is -1.34. The number of carbonyl (C=O) groups excluding carboxylic acids is 4. The highest BCUT2D eigenvalue weighted by atomic mass is 16.8. The summed E-state index contributed by atoms with van der Waals surface area (Å²) >= 11 is 0. The Morgan fingerprint density at radius 2 is 1.55 bits per heavy atom. The lowest BCUT2D eigenvalue weighted by Gasteiger charge is -2.45. The molecule has 3 saturated heterocycles. The molecule has 3 rings (SSSR count). The number of ether oxygens (including phenoxy) is 9. The van der Waals surface area contributed by atoms with Crippen molar-refractivity contribution in [3.8, 4) is 0 Å². The average molecular weight is 578 g/mol. The van der Waals surface area contributed by atoms with Crippen molar-refractivity contribution in [2.45, 2.75) is 116 Å². The van der Waals surface area contributed by atoms with E-state index in [1.54, 1.807) is 20.8 Å². The third-order valence-corrected chi connectivity index (χ3v) is 6.27. The van der Waals surface area contributed by atoms with Crippen LogP contribution < -0.4 is 5.32 Å². The fourth-order valence-electron chi connectivity index (χ4n) is 4.92. The molecule has 15 heteroatoms. The molecule has 228 valence electrons. The van der Waals surface area contributed by atoms with E-state index in [1.165, 1.54) is 13.8 Å². The third-order valence-electron chi connectivity index (χ3n) is 6.27. The minimum absolute atomic E-state index is 0.320. The largest absolute Gasteiger partial charge is 0.463 e. The van der Waals surface area contributed by atoms with Gasteiger partial charge in [0.05, 0.1) is 6.61 Å². The van der Waals surface area contributed by atoms with E-state index >= 15 is 0 Å². The number of carbonyl (C=O) groups is 4. The molecule has 3 fully saturated rings. The summed E-state index contributed by atoms with van der Waals surface area (Å²) in [6.45, 7) is 9.50. The lowest BCUT2D eigenvalue weighted by atomic mass is 9.96. The van der Waals surface area contributed by atoms with Crippen molar-refractivity contribution in [1.82, 2.24) is 5.32 Å². The van der Waals surface area contributed by atoms with Crippen LogP contribution in [0.2, 0.25) is 0 Å². The van der Waals surface area contributed by atoms with Gasteiger partial charge in [-0.1, -0.05) is 0 Å². The van der Waals surface area contributed by atoms with Crippen LogP contribution in [0.3, 0.4) is 0 Å². The predicted molar refractivity (Wildman–Crippen MR) is 130 cm³/mol. The van der Waals surface area contributed by atoms with Crippen molar-refractivity contribution < 1.29 is 66.9 Å². The van der Waals surface area contributed by atoms with Crippen LogP contribution in [-0.2, 0) is 61.8 Å². The van der Waals surface area contributed by atoms with Crippen molar-refractivity contribution in [2.75, 3.05) is 19.8 Å². The normalized spacial score (nSPS) is 35.4. The molecule has 0 spiro atoms. The van der Waals surface area contributed by atoms with Crippen LogP contribution in [0.4, 0.5) is 0 Å². The molecule has 0 unspecified atom stereocenters. The molecular formula is C25H39NO14. The van der Waals surface area contributed by atoms with Gasteiger partial charge in [-0.15, -0.1) is 0 Å². The molecule has 15 nitrogen and oxygen atoms in total. The van der Waals surface area contributed by atoms with Crippen molar-refractivity contribution in [2.24, 2.45) is 0 Å². The van der Waals surface area contributed by atoms with E-state index in [-0.39, 0.29) is 13.2 Å². The standard InChI is InChI=1S/C25H39NO14/c1-8-32-21-18(38-24-22(21)39-25(6,7)40-24)15(31)9-34-23-17(26-11(2)27)20(36-14(5)30)19(35-13(4)29)16(37-23)10-33-12(3)28/h15-24,31H,8-10H2,1-7H3,(H,26,27)/t15-,16+,17-,18-,19-,20+,21+,22+,23+,24+/m1/s1. The summed E-state index contributed by atoms with van der Waals surface area (Å²) in [6, 6.07) is -1.18. The van der Waals surface area contributed by atoms with Crippen LogP contribution in [0.5, 0.6) is 0 Å². The topological polar surface area (TPSA) is 184 Å². The molecule has 0 radical (unpaired) electrons. The molecular weight excluding hydrogens is 538 g/mol. The summed E-state index contributed by atoms with van der Waals surface area (Å²) in [6.07, 6.45) is -9.24. The molecule has 0 aromatic carbocycles. The Hall–Kier alpha value is -2.40. The molecule has 0 saturated carbocycles. The Kier molecular flexibility index (Phi) is 10.8. The lowest BCUT2D eigenvalue weighted by Crippen LogP contribution is -2.66. The van der Waals surface area contributed by atoms with Gasteiger partial charge in [-0.25, -0.2) is 0 Å². The Bertz CT molecular complexity index is 927. The SMILES string of the molecule is CCO[C@@H]1[C@@H]2OC(C)(C)O[C@@H]2O[C@@H]1[C@H](O)CO[C@H]1O[C@@H](COC(C)=O)[C@@H](OC(C)=O)[C@@H](OC(C)=O)[C@H]1NC(C)=O. The first kappa shape index (κ1) is 32.1. The Balaban J connectivity index is 1.81. The maximum atomic E-state index is 12.1. The van der Waals surface area contributed by atoms with Crippen molar-refractivity contribution in [3.63, 3.8) is 0 Å². The number of hydrogen-bond donors (Lipinski definition) is 2. The molecule has 0 bridgehead atoms. The molecule has 3 aliphatic rings. The molecule has 10 atom stereocenters. The quantitative estimate of drug-likeness (QED) is 0.232. The van der Waals surface area contributed by atoms with Gasteiger partial charge in [0.15, 0.2) is 30.6 Å². The molecule has 3 aliphatic heterocycles. The van der Waals surface area contributed by atoms with E-state index < -0.39 is 91.0 Å². The van der Waals surface area contributed by atoms with Crippen LogP contribution >= 0.6 is 0 Å². The second-order valence-electron chi connectivity index (χ2n) is 10.1. The molecule has 3 heterocycles. The second kappa shape index (κ2) is 13.5. The van der Waals surface area contributed by atoms with Crippen LogP contribution in [0.1, 0.15) is 48.5 Å². The zero-order valence-electron chi connectivity index (χ0n) is 23.6. The van der Waals surface area contributed by atoms with Gasteiger partial charge in [0.25, 0.3) is 0 Å². The van der Waals surface area contributed by atoms with Gasteiger partial charge in [0.2, 0.25) is 5.91 Å². The third kappa shape index (κ3) is 8.09. The summed E-state index contributed by atoms with van der Waals surface area (Å²) in [7, 11) is 0. The number of amides is 1. The number of rotatable bonds is 11. The Morgan fingerprint density at radius 3 is 2.12 bits per heavy atom. The van der Waals surface area contributed by atoms with Gasteiger partial charge in [0.1, 0.15) is 43.2 Å². The first-order chi connectivity index (χ1) is 18.7. The number of nitrogens with one attached hydrogen (secondary N) is 1. The zero-order chi connectivity index (χ0) is 29.8. The van der Waals surface area contributed by atoms with Gasteiger partial charge in [0, 0.05) is 34.3 Å². The van der Waals surface area contributed by atoms with E-state index in [9.17, 15) is 24.3 Å². The number of aliphatic hydroxyl groups excluding tert-OH is 1. The first-order valence-corrected chi connectivity index (χ1v) is 13.0. The Morgan fingerprint density at radius 1 is 0.900 bits per heavy atom. The van der Waals surface area contributed by atoms with E-state index in [4.69, 9.17) is 42.6 Å². The second-order valence-corrected chi connectivity index (χ2v) is 10.1. The summed E-state index contributed by atoms with van der Waals surface area (Å²) in [4.78, 5) is 47.5. The lowest BCUT2D eigenvalue weighted by molar-refractivity contribution is -0.286. The number of hydrogen-bond acceptors (Lipinski definition) is 14. The maximum Gasteiger partial charge on any atom is 0.303 e. The van der Waals surface area contributed by atoms with Crippen LogP contribution in [0.25, 0.3) is 0 Å². The average Bonchev–Trinajstić information content (AvgIpc) is 3.31. The summed E-state index contributed by atoms with van der Waals surface area (Å²) in [5.74, 6) is -3.52. The maximum absolute atomic E-state index is 12.1. The Labute approximate surface area is 231 Å². The zero-order valence-corrected chi connectivity index (χ0v) is 23.6. The van der Waals surface area contributed by atoms with E-state index in [1.807, 2.05) is 0 Å². The van der Waals surface area contributed by atoms with Gasteiger partial charge in [-0.05, 0) is 20.8 Å². The van der Waals surface area contributed by atoms with Gasteiger partial charge in [-0.3, -0.25) is 19.2 Å². The van der Waals surface area contributed by atoms with E-state index in [0.29, 0.717) is 6.61 Å².